The van der Waals surface area contributed by atoms with Gasteiger partial charge in [-0.05, 0) is 106 Å². The molecule has 2 amide bonds. The van der Waals surface area contributed by atoms with E-state index in [1.807, 2.05) is 24.3 Å². The lowest BCUT2D eigenvalue weighted by molar-refractivity contribution is -0.115. The van der Waals surface area contributed by atoms with Crippen molar-refractivity contribution in [1.82, 2.24) is 10.6 Å². The summed E-state index contributed by atoms with van der Waals surface area (Å²) in [5.74, 6) is 0.801. The number of amides is 2. The van der Waals surface area contributed by atoms with Crippen molar-refractivity contribution in [3.05, 3.63) is 71.4 Å². The number of ether oxygens (including phenoxy) is 3. The van der Waals surface area contributed by atoms with Crippen LogP contribution in [0.1, 0.15) is 24.8 Å². The molecule has 2 heterocycles. The van der Waals surface area contributed by atoms with E-state index in [2.05, 4.69) is 84.7 Å². The third-order valence-electron chi connectivity index (χ3n) is 7.99. The Labute approximate surface area is 310 Å². The summed E-state index contributed by atoms with van der Waals surface area (Å²) in [6, 6.07) is 7.51. The van der Waals surface area contributed by atoms with Crippen LogP contribution < -0.4 is 15.4 Å². The number of carbonyl (C=O) groups is 2. The van der Waals surface area contributed by atoms with Crippen molar-refractivity contribution in [3.63, 3.8) is 0 Å². The first kappa shape index (κ1) is 36.6. The van der Waals surface area contributed by atoms with Crippen molar-refractivity contribution in [2.45, 2.75) is 49.1 Å². The third kappa shape index (κ3) is 7.55. The molecule has 5 rings (SSSR count). The summed E-state index contributed by atoms with van der Waals surface area (Å²) >= 11 is 13.5. The van der Waals surface area contributed by atoms with Crippen LogP contribution in [0.25, 0.3) is 0 Å². The second-order valence-electron chi connectivity index (χ2n) is 11.2. The van der Waals surface area contributed by atoms with E-state index in [0.29, 0.717) is 67.7 Å². The molecule has 1 aromatic rings. The first-order chi connectivity index (χ1) is 22.9. The van der Waals surface area contributed by atoms with Gasteiger partial charge in [0.1, 0.15) is 40.9 Å². The van der Waals surface area contributed by atoms with E-state index in [1.54, 1.807) is 12.2 Å². The SMILES string of the molecule is COC1=C(Br)C(O)C2(C=C1Br)CC(C(=O)NCCCOc1ccc(CCNC(=O)C3=NOC4(C=C(Br)C(OC)=C(Br)C4O)C3)cc1)=NO2. The number of benzene rings is 1. The van der Waals surface area contributed by atoms with Gasteiger partial charge in [-0.1, -0.05) is 22.4 Å². The maximum absolute atomic E-state index is 12.8. The average Bonchev–Trinajstić information content (AvgIpc) is 3.70. The minimum Gasteiger partial charge on any atom is -0.495 e. The number of allylic oxidation sites excluding steroid dienone is 2. The highest BCUT2D eigenvalue weighted by atomic mass is 79.9. The minimum atomic E-state index is -1.21. The maximum atomic E-state index is 12.8. The van der Waals surface area contributed by atoms with Crippen molar-refractivity contribution in [3.8, 4) is 5.75 Å². The predicted octanol–water partition coefficient (Wildman–Crippen LogP) is 4.07. The molecule has 2 aliphatic heterocycles. The summed E-state index contributed by atoms with van der Waals surface area (Å²) in [6.45, 7) is 1.10. The fourth-order valence-electron chi connectivity index (χ4n) is 5.38. The van der Waals surface area contributed by atoms with Gasteiger partial charge < -0.3 is 44.7 Å². The van der Waals surface area contributed by atoms with Crippen LogP contribution in [0.5, 0.6) is 5.75 Å². The third-order valence-corrected chi connectivity index (χ3v) is 10.8. The average molecular weight is 924 g/mol. The van der Waals surface area contributed by atoms with Gasteiger partial charge >= 0.3 is 0 Å². The zero-order valence-corrected chi connectivity index (χ0v) is 32.1. The number of aliphatic hydroxyl groups is 2. The number of carbonyl (C=O) groups excluding carboxylic acids is 2. The molecule has 4 N–H and O–H groups in total. The molecule has 2 aliphatic carbocycles. The Morgan fingerprint density at radius 2 is 1.31 bits per heavy atom. The highest BCUT2D eigenvalue weighted by Crippen LogP contribution is 2.45. The highest BCUT2D eigenvalue weighted by molar-refractivity contribution is 9.12. The lowest BCUT2D eigenvalue weighted by atomic mass is 9.87. The zero-order valence-electron chi connectivity index (χ0n) is 25.7. The summed E-state index contributed by atoms with van der Waals surface area (Å²) in [6.07, 6.45) is 2.41. The number of oxime groups is 2. The van der Waals surface area contributed by atoms with E-state index in [-0.39, 0.29) is 36.1 Å². The van der Waals surface area contributed by atoms with Crippen molar-refractivity contribution in [2.24, 2.45) is 10.3 Å². The van der Waals surface area contributed by atoms with E-state index >= 15 is 0 Å². The van der Waals surface area contributed by atoms with Gasteiger partial charge in [0.15, 0.2) is 11.2 Å². The number of aliphatic hydroxyl groups excluding tert-OH is 2. The van der Waals surface area contributed by atoms with Crippen LogP contribution in [-0.2, 0) is 35.2 Å². The summed E-state index contributed by atoms with van der Waals surface area (Å²) in [5.41, 5.74) is -1.07. The van der Waals surface area contributed by atoms with Crippen LogP contribution in [-0.4, -0.2) is 90.8 Å². The summed E-state index contributed by atoms with van der Waals surface area (Å²) in [5, 5.41) is 35.1. The molecule has 13 nitrogen and oxygen atoms in total. The smallest absolute Gasteiger partial charge is 0.269 e. The fourth-order valence-corrected chi connectivity index (χ4v) is 8.96. The summed E-state index contributed by atoms with van der Waals surface area (Å²) in [4.78, 5) is 36.5. The standard InChI is InChI=1S/C31H32Br4N4O9/c1-44-24-18(32)12-30(26(40)22(24)34)14-20(38-47-30)28(42)36-9-3-11-46-17-6-4-16(5-7-17)8-10-37-29(43)21-15-31(48-39-21)13-19(33)25(45-2)23(35)27(31)41/h4-7,12-13,26-27,40-41H,3,8-11,14-15H2,1-2H3,(H,36,42)(H,37,43). The molecule has 0 radical (unpaired) electrons. The van der Waals surface area contributed by atoms with E-state index in [9.17, 15) is 19.8 Å². The number of nitrogens with one attached hydrogen (secondary N) is 2. The van der Waals surface area contributed by atoms with E-state index in [1.165, 1.54) is 14.2 Å². The Morgan fingerprint density at radius 3 is 1.79 bits per heavy atom. The lowest BCUT2D eigenvalue weighted by Gasteiger charge is -2.33. The van der Waals surface area contributed by atoms with Gasteiger partial charge in [-0.3, -0.25) is 9.59 Å². The number of hydrogen-bond acceptors (Lipinski definition) is 11. The molecule has 1 aromatic carbocycles. The van der Waals surface area contributed by atoms with E-state index in [0.717, 1.165) is 5.56 Å². The Morgan fingerprint density at radius 1 is 0.833 bits per heavy atom. The second-order valence-corrected chi connectivity index (χ2v) is 14.6. The number of halogens is 4. The fraction of sp³-hybridized carbons (Fsp3) is 0.419. The molecular formula is C31H32Br4N4O9. The van der Waals surface area contributed by atoms with Gasteiger partial charge in [0.2, 0.25) is 0 Å². The lowest BCUT2D eigenvalue weighted by Crippen LogP contribution is -2.45. The van der Waals surface area contributed by atoms with Crippen molar-refractivity contribution >= 4 is 87.0 Å². The van der Waals surface area contributed by atoms with Gasteiger partial charge in [-0.2, -0.15) is 0 Å². The topological polar surface area (TPSA) is 170 Å². The summed E-state index contributed by atoms with van der Waals surface area (Å²) in [7, 11) is 2.98. The molecule has 4 atom stereocenters. The Bertz CT molecular complexity index is 1640. The predicted molar refractivity (Wildman–Crippen MR) is 190 cm³/mol. The van der Waals surface area contributed by atoms with Crippen LogP contribution in [0.4, 0.5) is 0 Å². The quantitative estimate of drug-likeness (QED) is 0.226. The number of hydrogen-bond donors (Lipinski definition) is 4. The molecule has 4 aliphatic rings. The molecule has 2 spiro atoms. The molecule has 0 aromatic heterocycles. The van der Waals surface area contributed by atoms with Crippen LogP contribution >= 0.6 is 63.7 Å². The first-order valence-electron chi connectivity index (χ1n) is 14.7. The van der Waals surface area contributed by atoms with Gasteiger partial charge in [0.25, 0.3) is 11.8 Å². The largest absolute Gasteiger partial charge is 0.495 e. The van der Waals surface area contributed by atoms with Gasteiger partial charge in [0.05, 0.1) is 38.8 Å². The van der Waals surface area contributed by atoms with E-state index in [4.69, 9.17) is 23.9 Å². The molecule has 258 valence electrons. The van der Waals surface area contributed by atoms with E-state index < -0.39 is 23.4 Å². The normalized spacial score (nSPS) is 26.3. The van der Waals surface area contributed by atoms with Gasteiger partial charge in [0, 0.05) is 25.9 Å². The Hall–Kier alpha value is -2.70. The first-order valence-corrected chi connectivity index (χ1v) is 17.9. The van der Waals surface area contributed by atoms with Crippen LogP contribution in [0.2, 0.25) is 0 Å². The summed E-state index contributed by atoms with van der Waals surface area (Å²) < 4.78 is 18.3. The molecule has 0 bridgehead atoms. The second kappa shape index (κ2) is 15.5. The molecule has 0 saturated heterocycles. The zero-order chi connectivity index (χ0) is 34.6. The molecular weight excluding hydrogens is 892 g/mol. The van der Waals surface area contributed by atoms with Crippen LogP contribution in [0, 0.1) is 0 Å². The molecule has 17 heteroatoms. The molecule has 4 unspecified atom stereocenters. The minimum absolute atomic E-state index is 0.0868. The molecule has 48 heavy (non-hydrogen) atoms. The van der Waals surface area contributed by atoms with Crippen molar-refractivity contribution in [2.75, 3.05) is 33.9 Å². The maximum Gasteiger partial charge on any atom is 0.269 e. The highest BCUT2D eigenvalue weighted by Gasteiger charge is 2.51. The van der Waals surface area contributed by atoms with Crippen molar-refractivity contribution < 1.29 is 43.7 Å². The number of nitrogens with zero attached hydrogens (tertiary/aromatic N) is 2. The Kier molecular flexibility index (Phi) is 11.8. The number of rotatable bonds is 12. The molecule has 0 fully saturated rings. The monoisotopic (exact) mass is 920 g/mol. The van der Waals surface area contributed by atoms with Gasteiger partial charge in [-0.15, -0.1) is 0 Å². The molecule has 0 saturated carbocycles. The van der Waals surface area contributed by atoms with Crippen LogP contribution in [0.15, 0.2) is 76.2 Å². The number of methoxy groups -OCH3 is 2. The van der Waals surface area contributed by atoms with Crippen molar-refractivity contribution in [1.29, 1.82) is 0 Å². The Balaban J connectivity index is 0.985. The van der Waals surface area contributed by atoms with Gasteiger partial charge in [-0.25, -0.2) is 0 Å². The van der Waals surface area contributed by atoms with Crippen LogP contribution in [0.3, 0.4) is 0 Å².